The van der Waals surface area contributed by atoms with Crippen LogP contribution in [0.15, 0.2) is 30.6 Å². The van der Waals surface area contributed by atoms with E-state index in [4.69, 9.17) is 0 Å². The zero-order chi connectivity index (χ0) is 19.6. The van der Waals surface area contributed by atoms with Crippen LogP contribution >= 0.6 is 0 Å². The van der Waals surface area contributed by atoms with Crippen LogP contribution in [-0.4, -0.2) is 48.3 Å². The number of carbonyl (C=O) groups excluding carboxylic acids is 1. The first-order valence-corrected chi connectivity index (χ1v) is 10.4. The van der Waals surface area contributed by atoms with Gasteiger partial charge in [-0.3, -0.25) is 4.79 Å². The molecule has 0 atom stereocenters. The molecular weight excluding hydrogens is 366 g/mol. The summed E-state index contributed by atoms with van der Waals surface area (Å²) in [4.78, 5) is 16.8. The topological polar surface area (TPSA) is 96.3 Å². The van der Waals surface area contributed by atoms with Gasteiger partial charge in [-0.2, -0.15) is 12.7 Å². The van der Waals surface area contributed by atoms with Crippen molar-refractivity contribution >= 4 is 21.8 Å². The molecule has 1 aliphatic rings. The number of nitrogens with zero attached hydrogens (tertiary/aromatic N) is 3. The molecule has 146 valence electrons. The van der Waals surface area contributed by atoms with Crippen molar-refractivity contribution in [2.24, 2.45) is 5.92 Å². The molecule has 1 aromatic heterocycles. The van der Waals surface area contributed by atoms with E-state index in [0.29, 0.717) is 25.9 Å². The van der Waals surface area contributed by atoms with Crippen molar-refractivity contribution in [1.82, 2.24) is 18.6 Å². The van der Waals surface area contributed by atoms with E-state index >= 15 is 0 Å². The van der Waals surface area contributed by atoms with Gasteiger partial charge in [-0.1, -0.05) is 0 Å². The molecule has 0 spiro atoms. The molecule has 0 aliphatic carbocycles. The highest BCUT2D eigenvalue weighted by Crippen LogP contribution is 2.22. The van der Waals surface area contributed by atoms with Gasteiger partial charge in [0.25, 0.3) is 10.2 Å². The van der Waals surface area contributed by atoms with E-state index in [2.05, 4.69) is 15.0 Å². The highest BCUT2D eigenvalue weighted by atomic mass is 32.2. The molecule has 27 heavy (non-hydrogen) atoms. The smallest absolute Gasteiger partial charge is 0.279 e. The van der Waals surface area contributed by atoms with Gasteiger partial charge in [0.15, 0.2) is 0 Å². The molecule has 1 amide bonds. The summed E-state index contributed by atoms with van der Waals surface area (Å²) in [6.07, 6.45) is 2.81. The summed E-state index contributed by atoms with van der Waals surface area (Å²) in [6, 6.07) is 7.60. The predicted molar refractivity (Wildman–Crippen MR) is 104 cm³/mol. The van der Waals surface area contributed by atoms with Crippen LogP contribution in [0, 0.1) is 19.8 Å². The van der Waals surface area contributed by atoms with Crippen molar-refractivity contribution < 1.29 is 13.2 Å². The average molecular weight is 391 g/mol. The van der Waals surface area contributed by atoms with Crippen LogP contribution in [0.4, 0.5) is 5.69 Å². The highest BCUT2D eigenvalue weighted by Gasteiger charge is 2.30. The lowest BCUT2D eigenvalue weighted by molar-refractivity contribution is -0.120. The molecule has 0 unspecified atom stereocenters. The van der Waals surface area contributed by atoms with Gasteiger partial charge in [-0.25, -0.2) is 9.71 Å². The average Bonchev–Trinajstić information content (AvgIpc) is 3.01. The van der Waals surface area contributed by atoms with Crippen molar-refractivity contribution in [3.63, 3.8) is 0 Å². The molecule has 0 radical (unpaired) electrons. The molecule has 2 aromatic rings. The number of piperidine rings is 1. The maximum absolute atomic E-state index is 12.5. The number of aryl methyl sites for hydroxylation is 1. The van der Waals surface area contributed by atoms with Crippen LogP contribution < -0.4 is 10.0 Å². The van der Waals surface area contributed by atoms with Gasteiger partial charge >= 0.3 is 0 Å². The summed E-state index contributed by atoms with van der Waals surface area (Å²) in [5.41, 5.74) is 3.77. The third-order valence-corrected chi connectivity index (χ3v) is 6.65. The van der Waals surface area contributed by atoms with E-state index in [1.165, 1.54) is 11.4 Å². The van der Waals surface area contributed by atoms with Crippen LogP contribution in [-0.2, 0) is 15.0 Å². The number of aromatic nitrogens is 2. The molecule has 3 rings (SSSR count). The van der Waals surface area contributed by atoms with Gasteiger partial charge in [0.05, 0.1) is 12.0 Å². The number of nitrogens with one attached hydrogen (secondary N) is 2. The molecule has 1 aromatic carbocycles. The van der Waals surface area contributed by atoms with Crippen molar-refractivity contribution in [2.45, 2.75) is 26.7 Å². The molecule has 0 bridgehead atoms. The van der Waals surface area contributed by atoms with Crippen LogP contribution in [0.3, 0.4) is 0 Å². The summed E-state index contributed by atoms with van der Waals surface area (Å²) in [7, 11) is -2.02. The summed E-state index contributed by atoms with van der Waals surface area (Å²) < 4.78 is 29.3. The zero-order valence-electron chi connectivity index (χ0n) is 15.8. The summed E-state index contributed by atoms with van der Waals surface area (Å²) in [5.74, 6) is -0.259. The van der Waals surface area contributed by atoms with Crippen molar-refractivity contribution in [2.75, 3.05) is 25.5 Å². The molecule has 9 heteroatoms. The van der Waals surface area contributed by atoms with Crippen LogP contribution in [0.25, 0.3) is 5.69 Å². The first-order chi connectivity index (χ1) is 12.8. The summed E-state index contributed by atoms with van der Waals surface area (Å²) >= 11 is 0. The van der Waals surface area contributed by atoms with Gasteiger partial charge in [0, 0.05) is 43.1 Å². The Morgan fingerprint density at radius 1 is 1.15 bits per heavy atom. The van der Waals surface area contributed by atoms with E-state index in [1.807, 2.05) is 42.7 Å². The SMILES string of the molecule is CNS(=O)(=O)N1CCC(C(=O)Nc2ccc(-n3cnc(C)c3C)cc2)CC1. The number of carbonyl (C=O) groups is 1. The van der Waals surface area contributed by atoms with Gasteiger partial charge < -0.3 is 9.88 Å². The molecule has 0 saturated carbocycles. The third kappa shape index (κ3) is 4.20. The number of anilines is 1. The number of hydrogen-bond donors (Lipinski definition) is 2. The number of amides is 1. The van der Waals surface area contributed by atoms with Crippen molar-refractivity contribution in [1.29, 1.82) is 0 Å². The van der Waals surface area contributed by atoms with Gasteiger partial charge in [0.2, 0.25) is 5.91 Å². The van der Waals surface area contributed by atoms with E-state index in [-0.39, 0.29) is 11.8 Å². The van der Waals surface area contributed by atoms with Gasteiger partial charge in [0.1, 0.15) is 0 Å². The molecule has 1 aliphatic heterocycles. The molecular formula is C18H25N5O3S. The Bertz CT molecular complexity index is 913. The Labute approximate surface area is 159 Å². The minimum absolute atomic E-state index is 0.0705. The lowest BCUT2D eigenvalue weighted by Crippen LogP contribution is -2.45. The van der Waals surface area contributed by atoms with E-state index in [9.17, 15) is 13.2 Å². The van der Waals surface area contributed by atoms with Crippen LogP contribution in [0.2, 0.25) is 0 Å². The Balaban J connectivity index is 1.60. The zero-order valence-corrected chi connectivity index (χ0v) is 16.6. The largest absolute Gasteiger partial charge is 0.326 e. The second-order valence-corrected chi connectivity index (χ2v) is 8.58. The Hall–Kier alpha value is -2.23. The number of imidazole rings is 1. The number of benzene rings is 1. The second kappa shape index (κ2) is 7.79. The second-order valence-electron chi connectivity index (χ2n) is 6.70. The van der Waals surface area contributed by atoms with Crippen LogP contribution in [0.5, 0.6) is 0 Å². The maximum atomic E-state index is 12.5. The standard InChI is InChI=1S/C18H25N5O3S/c1-13-14(2)23(12-20-13)17-6-4-16(5-7-17)21-18(24)15-8-10-22(11-9-15)27(25,26)19-3/h4-7,12,15,19H,8-11H2,1-3H3,(H,21,24). The monoisotopic (exact) mass is 391 g/mol. The van der Waals surface area contributed by atoms with E-state index in [0.717, 1.165) is 22.8 Å². The molecule has 1 saturated heterocycles. The summed E-state index contributed by atoms with van der Waals surface area (Å²) in [6.45, 7) is 4.67. The Morgan fingerprint density at radius 3 is 2.30 bits per heavy atom. The van der Waals surface area contributed by atoms with Gasteiger partial charge in [-0.05, 0) is 51.0 Å². The molecule has 2 heterocycles. The third-order valence-electron chi connectivity index (χ3n) is 5.09. The first kappa shape index (κ1) is 19.5. The van der Waals surface area contributed by atoms with E-state index in [1.54, 1.807) is 6.33 Å². The molecule has 8 nitrogen and oxygen atoms in total. The minimum atomic E-state index is -3.42. The highest BCUT2D eigenvalue weighted by molar-refractivity contribution is 7.87. The minimum Gasteiger partial charge on any atom is -0.326 e. The van der Waals surface area contributed by atoms with Crippen LogP contribution in [0.1, 0.15) is 24.2 Å². The van der Waals surface area contributed by atoms with E-state index < -0.39 is 10.2 Å². The first-order valence-electron chi connectivity index (χ1n) is 8.92. The normalized spacial score (nSPS) is 16.4. The fourth-order valence-electron chi connectivity index (χ4n) is 3.20. The van der Waals surface area contributed by atoms with Crippen molar-refractivity contribution in [3.05, 3.63) is 42.0 Å². The Morgan fingerprint density at radius 2 is 1.78 bits per heavy atom. The maximum Gasteiger partial charge on any atom is 0.279 e. The lowest BCUT2D eigenvalue weighted by Gasteiger charge is -2.30. The van der Waals surface area contributed by atoms with Crippen molar-refractivity contribution in [3.8, 4) is 5.69 Å². The lowest BCUT2D eigenvalue weighted by atomic mass is 9.97. The number of hydrogen-bond acceptors (Lipinski definition) is 4. The fourth-order valence-corrected chi connectivity index (χ4v) is 4.15. The predicted octanol–water partition coefficient (Wildman–Crippen LogP) is 1.60. The van der Waals surface area contributed by atoms with Gasteiger partial charge in [-0.15, -0.1) is 0 Å². The Kier molecular flexibility index (Phi) is 5.64. The fraction of sp³-hybridized carbons (Fsp3) is 0.444. The quantitative estimate of drug-likeness (QED) is 0.809. The molecule has 1 fully saturated rings. The summed E-state index contributed by atoms with van der Waals surface area (Å²) in [5, 5.41) is 2.93. The number of rotatable bonds is 5. The molecule has 2 N–H and O–H groups in total.